The van der Waals surface area contributed by atoms with Crippen LogP contribution in [0.2, 0.25) is 0 Å². The molecule has 0 amide bonds. The predicted octanol–water partition coefficient (Wildman–Crippen LogP) is 2.28. The second-order valence-corrected chi connectivity index (χ2v) is 7.58. The van der Waals surface area contributed by atoms with Crippen molar-refractivity contribution in [3.63, 3.8) is 0 Å². The second-order valence-electron chi connectivity index (χ2n) is 5.64. The Balaban J connectivity index is 1.92. The van der Waals surface area contributed by atoms with Crippen molar-refractivity contribution in [3.05, 3.63) is 65.2 Å². The highest BCUT2D eigenvalue weighted by atomic mass is 32.2. The van der Waals surface area contributed by atoms with Crippen LogP contribution in [0.1, 0.15) is 22.8 Å². The normalized spacial score (nSPS) is 19.5. The molecule has 1 atom stereocenters. The van der Waals surface area contributed by atoms with Gasteiger partial charge >= 0.3 is 0 Å². The minimum absolute atomic E-state index is 0.0905. The highest BCUT2D eigenvalue weighted by molar-refractivity contribution is 7.89. The van der Waals surface area contributed by atoms with Crippen LogP contribution in [0.25, 0.3) is 0 Å². The number of sulfonamides is 1. The first-order valence-corrected chi connectivity index (χ1v) is 8.75. The van der Waals surface area contributed by atoms with Crippen LogP contribution in [0.3, 0.4) is 0 Å². The number of nitrogens with zero attached hydrogens (tertiary/aromatic N) is 1. The number of fused-ring (bicyclic) bond motifs is 1. The summed E-state index contributed by atoms with van der Waals surface area (Å²) in [7, 11) is -3.58. The minimum atomic E-state index is -3.58. The van der Waals surface area contributed by atoms with Crippen molar-refractivity contribution in [3.8, 4) is 0 Å². The van der Waals surface area contributed by atoms with E-state index in [-0.39, 0.29) is 11.4 Å². The standard InChI is InChI=1S/C17H19NO3S/c1-13-6-8-15(9-7-13)22(20,21)18-11-10-14-4-2-3-5-16(14)17(19)12-18/h2-9,17,19H,10-12H2,1H3. The van der Waals surface area contributed by atoms with Crippen LogP contribution in [0, 0.1) is 6.92 Å². The first-order valence-electron chi connectivity index (χ1n) is 7.31. The van der Waals surface area contributed by atoms with Crippen molar-refractivity contribution in [1.29, 1.82) is 0 Å². The molecule has 0 aliphatic carbocycles. The molecule has 5 heteroatoms. The lowest BCUT2D eigenvalue weighted by Gasteiger charge is -2.22. The van der Waals surface area contributed by atoms with Crippen molar-refractivity contribution in [1.82, 2.24) is 4.31 Å². The van der Waals surface area contributed by atoms with E-state index in [9.17, 15) is 13.5 Å². The number of hydrogen-bond donors (Lipinski definition) is 1. The lowest BCUT2D eigenvalue weighted by Crippen LogP contribution is -2.34. The van der Waals surface area contributed by atoms with E-state index in [1.54, 1.807) is 24.3 Å². The number of β-amino-alcohol motifs (C(OH)–C–C–N with tert-alkyl or cyclic N) is 1. The molecule has 2 aromatic rings. The van der Waals surface area contributed by atoms with Gasteiger partial charge in [0.05, 0.1) is 11.0 Å². The lowest BCUT2D eigenvalue weighted by atomic mass is 10.0. The van der Waals surface area contributed by atoms with Gasteiger partial charge in [0.15, 0.2) is 0 Å². The van der Waals surface area contributed by atoms with Crippen LogP contribution in [0.5, 0.6) is 0 Å². The Morgan fingerprint density at radius 3 is 2.50 bits per heavy atom. The third-order valence-corrected chi connectivity index (χ3v) is 5.96. The van der Waals surface area contributed by atoms with Crippen LogP contribution in [-0.4, -0.2) is 30.9 Å². The number of aliphatic hydroxyl groups is 1. The molecule has 1 N–H and O–H groups in total. The van der Waals surface area contributed by atoms with Crippen molar-refractivity contribution in [2.45, 2.75) is 24.3 Å². The summed E-state index contributed by atoms with van der Waals surface area (Å²) in [6.45, 7) is 2.39. The van der Waals surface area contributed by atoms with E-state index in [1.807, 2.05) is 31.2 Å². The van der Waals surface area contributed by atoms with Crippen LogP contribution in [0.15, 0.2) is 53.4 Å². The van der Waals surface area contributed by atoms with Crippen LogP contribution in [0.4, 0.5) is 0 Å². The van der Waals surface area contributed by atoms with E-state index in [4.69, 9.17) is 0 Å². The zero-order valence-electron chi connectivity index (χ0n) is 12.4. The Labute approximate surface area is 131 Å². The molecule has 0 aromatic heterocycles. The Kier molecular flexibility index (Phi) is 4.04. The highest BCUT2D eigenvalue weighted by Gasteiger charge is 2.30. The molecule has 0 saturated heterocycles. The number of benzene rings is 2. The average molecular weight is 317 g/mol. The summed E-state index contributed by atoms with van der Waals surface area (Å²) in [5.74, 6) is 0. The molecule has 4 nitrogen and oxygen atoms in total. The Morgan fingerprint density at radius 2 is 1.77 bits per heavy atom. The van der Waals surface area contributed by atoms with Crippen molar-refractivity contribution < 1.29 is 13.5 Å². The van der Waals surface area contributed by atoms with Gasteiger partial charge in [-0.1, -0.05) is 42.0 Å². The fourth-order valence-corrected chi connectivity index (χ4v) is 4.24. The average Bonchev–Trinajstić information content (AvgIpc) is 2.68. The van der Waals surface area contributed by atoms with E-state index in [1.165, 1.54) is 4.31 Å². The van der Waals surface area contributed by atoms with E-state index < -0.39 is 16.1 Å². The SMILES string of the molecule is Cc1ccc(S(=O)(=O)N2CCc3ccccc3C(O)C2)cc1. The van der Waals surface area contributed by atoms with Crippen LogP contribution < -0.4 is 0 Å². The maximum atomic E-state index is 12.8. The zero-order valence-corrected chi connectivity index (χ0v) is 13.3. The van der Waals surface area contributed by atoms with E-state index in [0.29, 0.717) is 13.0 Å². The van der Waals surface area contributed by atoms with Crippen LogP contribution in [-0.2, 0) is 16.4 Å². The monoisotopic (exact) mass is 317 g/mol. The zero-order chi connectivity index (χ0) is 15.7. The van der Waals surface area contributed by atoms with Crippen molar-refractivity contribution in [2.24, 2.45) is 0 Å². The third kappa shape index (κ3) is 2.79. The van der Waals surface area contributed by atoms with Gasteiger partial charge < -0.3 is 5.11 Å². The van der Waals surface area contributed by atoms with Crippen molar-refractivity contribution in [2.75, 3.05) is 13.1 Å². The van der Waals surface area contributed by atoms with E-state index >= 15 is 0 Å². The first kappa shape index (κ1) is 15.2. The van der Waals surface area contributed by atoms with E-state index in [2.05, 4.69) is 0 Å². The number of rotatable bonds is 2. The fourth-order valence-electron chi connectivity index (χ4n) is 2.79. The number of hydrogen-bond acceptors (Lipinski definition) is 3. The van der Waals surface area contributed by atoms with Gasteiger partial charge in [0.2, 0.25) is 10.0 Å². The summed E-state index contributed by atoms with van der Waals surface area (Å²) in [6, 6.07) is 14.4. The maximum absolute atomic E-state index is 12.8. The molecule has 1 aliphatic rings. The Bertz CT molecular complexity index is 769. The Hall–Kier alpha value is -1.69. The summed E-state index contributed by atoms with van der Waals surface area (Å²) in [5, 5.41) is 10.4. The molecule has 2 aromatic carbocycles. The van der Waals surface area contributed by atoms with Gasteiger partial charge in [-0.05, 0) is 36.6 Å². The summed E-state index contributed by atoms with van der Waals surface area (Å²) < 4.78 is 26.9. The van der Waals surface area contributed by atoms with Crippen LogP contribution >= 0.6 is 0 Å². The molecule has 0 bridgehead atoms. The number of aliphatic hydroxyl groups excluding tert-OH is 1. The fraction of sp³-hybridized carbons (Fsp3) is 0.294. The van der Waals surface area contributed by atoms with Gasteiger partial charge in [-0.25, -0.2) is 8.42 Å². The largest absolute Gasteiger partial charge is 0.387 e. The highest BCUT2D eigenvalue weighted by Crippen LogP contribution is 2.27. The second kappa shape index (κ2) is 5.83. The van der Waals surface area contributed by atoms with Gasteiger partial charge in [-0.15, -0.1) is 0 Å². The van der Waals surface area contributed by atoms with Crippen molar-refractivity contribution >= 4 is 10.0 Å². The molecule has 116 valence electrons. The topological polar surface area (TPSA) is 57.6 Å². The van der Waals surface area contributed by atoms with Gasteiger partial charge in [0.1, 0.15) is 0 Å². The number of aryl methyl sites for hydroxylation is 1. The molecule has 1 unspecified atom stereocenters. The quantitative estimate of drug-likeness (QED) is 0.924. The molecule has 0 radical (unpaired) electrons. The molecular formula is C17H19NO3S. The smallest absolute Gasteiger partial charge is 0.243 e. The molecule has 1 aliphatic heterocycles. The molecule has 0 spiro atoms. The summed E-state index contributed by atoms with van der Waals surface area (Å²) >= 11 is 0. The van der Waals surface area contributed by atoms with Gasteiger partial charge in [0, 0.05) is 13.1 Å². The van der Waals surface area contributed by atoms with Gasteiger partial charge in [-0.2, -0.15) is 4.31 Å². The Morgan fingerprint density at radius 1 is 1.09 bits per heavy atom. The summed E-state index contributed by atoms with van der Waals surface area (Å²) in [5.41, 5.74) is 2.85. The molecule has 1 heterocycles. The molecule has 22 heavy (non-hydrogen) atoms. The third-order valence-electron chi connectivity index (χ3n) is 4.08. The maximum Gasteiger partial charge on any atom is 0.243 e. The van der Waals surface area contributed by atoms with Gasteiger partial charge in [-0.3, -0.25) is 0 Å². The molecule has 0 fully saturated rings. The molecule has 0 saturated carbocycles. The summed E-state index contributed by atoms with van der Waals surface area (Å²) in [4.78, 5) is 0.274. The molecular weight excluding hydrogens is 298 g/mol. The summed E-state index contributed by atoms with van der Waals surface area (Å²) in [6.07, 6.45) is -0.183. The predicted molar refractivity (Wildman–Crippen MR) is 85.0 cm³/mol. The first-order chi connectivity index (χ1) is 10.5. The van der Waals surface area contributed by atoms with E-state index in [0.717, 1.165) is 16.7 Å². The minimum Gasteiger partial charge on any atom is -0.387 e. The van der Waals surface area contributed by atoms with Gasteiger partial charge in [0.25, 0.3) is 0 Å². The molecule has 3 rings (SSSR count). The lowest BCUT2D eigenvalue weighted by molar-refractivity contribution is 0.153.